The number of nitrogens with two attached hydrogens (primary N) is 1. The van der Waals surface area contributed by atoms with Gasteiger partial charge in [0.15, 0.2) is 0 Å². The second kappa shape index (κ2) is 10.0. The quantitative estimate of drug-likeness (QED) is 0.303. The van der Waals surface area contributed by atoms with Gasteiger partial charge >= 0.3 is 0 Å². The molecule has 0 aromatic carbocycles. The molecule has 1 amide bonds. The summed E-state index contributed by atoms with van der Waals surface area (Å²) in [4.78, 5) is 10.6. The molecule has 0 aliphatic rings. The van der Waals surface area contributed by atoms with Crippen molar-refractivity contribution in [1.29, 1.82) is 5.26 Å². The first kappa shape index (κ1) is 15.8. The van der Waals surface area contributed by atoms with Gasteiger partial charge in [-0.25, -0.2) is 0 Å². The zero-order chi connectivity index (χ0) is 13.1. The van der Waals surface area contributed by atoms with E-state index in [0.29, 0.717) is 19.4 Å². The highest BCUT2D eigenvalue weighted by Crippen LogP contribution is 2.01. The van der Waals surface area contributed by atoms with E-state index < -0.39 is 12.1 Å². The molecular weight excluding hydrogens is 220 g/mol. The van der Waals surface area contributed by atoms with E-state index in [0.717, 1.165) is 12.8 Å². The maximum absolute atomic E-state index is 10.6. The van der Waals surface area contributed by atoms with E-state index in [4.69, 9.17) is 11.0 Å². The van der Waals surface area contributed by atoms with E-state index in [9.17, 15) is 9.90 Å². The predicted octanol–water partition coefficient (Wildman–Crippen LogP) is -0.558. The summed E-state index contributed by atoms with van der Waals surface area (Å²) in [7, 11) is 0. The normalized spacial score (nSPS) is 13.9. The molecule has 2 atom stereocenters. The first-order valence-electron chi connectivity index (χ1n) is 5.90. The van der Waals surface area contributed by atoms with Crippen molar-refractivity contribution in [3.8, 4) is 6.07 Å². The minimum absolute atomic E-state index is 0.0395. The minimum Gasteiger partial charge on any atom is -0.379 e. The van der Waals surface area contributed by atoms with Crippen LogP contribution < -0.4 is 16.4 Å². The van der Waals surface area contributed by atoms with E-state index >= 15 is 0 Å². The number of nitriles is 1. The summed E-state index contributed by atoms with van der Waals surface area (Å²) in [5, 5.41) is 23.9. The van der Waals surface area contributed by atoms with Crippen molar-refractivity contribution < 1.29 is 9.90 Å². The number of rotatable bonds is 10. The third-order valence-corrected chi connectivity index (χ3v) is 2.35. The van der Waals surface area contributed by atoms with Gasteiger partial charge in [-0.2, -0.15) is 5.26 Å². The standard InChI is InChI=1S/C11H22N4O2/c1-2-11(17)15-9(5-3-4-6-12)7-14-8-10(13)16/h9,11,14-15,17H,2-5,7-8H2,1H3,(H2,13,16). The molecule has 0 rings (SSSR count). The van der Waals surface area contributed by atoms with E-state index in [1.807, 2.05) is 6.92 Å². The van der Waals surface area contributed by atoms with E-state index in [1.165, 1.54) is 0 Å². The van der Waals surface area contributed by atoms with Crippen molar-refractivity contribution >= 4 is 5.91 Å². The van der Waals surface area contributed by atoms with Crippen LogP contribution in [0.5, 0.6) is 0 Å². The molecule has 6 heteroatoms. The molecule has 0 aromatic rings. The monoisotopic (exact) mass is 242 g/mol. The average molecular weight is 242 g/mol. The molecule has 0 spiro atoms. The van der Waals surface area contributed by atoms with Crippen LogP contribution in [0, 0.1) is 11.3 Å². The summed E-state index contributed by atoms with van der Waals surface area (Å²) in [5.41, 5.74) is 5.01. The lowest BCUT2D eigenvalue weighted by Crippen LogP contribution is -2.45. The fourth-order valence-corrected chi connectivity index (χ4v) is 1.43. The predicted molar refractivity (Wildman–Crippen MR) is 64.7 cm³/mol. The molecule has 0 bridgehead atoms. The average Bonchev–Trinajstić information content (AvgIpc) is 2.28. The number of hydrogen-bond donors (Lipinski definition) is 4. The van der Waals surface area contributed by atoms with Gasteiger partial charge in [-0.05, 0) is 19.3 Å². The number of nitrogens with zero attached hydrogens (tertiary/aromatic N) is 1. The molecular formula is C11H22N4O2. The summed E-state index contributed by atoms with van der Waals surface area (Å²) < 4.78 is 0. The van der Waals surface area contributed by atoms with Crippen molar-refractivity contribution in [3.05, 3.63) is 0 Å². The molecule has 0 saturated heterocycles. The van der Waals surface area contributed by atoms with E-state index in [1.54, 1.807) is 0 Å². The lowest BCUT2D eigenvalue weighted by Gasteiger charge is -2.21. The maximum atomic E-state index is 10.6. The molecule has 0 aromatic heterocycles. The van der Waals surface area contributed by atoms with Gasteiger partial charge in [0.25, 0.3) is 0 Å². The molecule has 0 saturated carbocycles. The van der Waals surface area contributed by atoms with Gasteiger partial charge in [0.05, 0.1) is 12.6 Å². The van der Waals surface area contributed by atoms with Crippen LogP contribution in [0.1, 0.15) is 32.6 Å². The number of primary amides is 1. The van der Waals surface area contributed by atoms with Gasteiger partial charge in [-0.15, -0.1) is 0 Å². The highest BCUT2D eigenvalue weighted by molar-refractivity contribution is 5.75. The number of aliphatic hydroxyl groups excluding tert-OH is 1. The van der Waals surface area contributed by atoms with Crippen molar-refractivity contribution in [3.63, 3.8) is 0 Å². The summed E-state index contributed by atoms with van der Waals surface area (Å²) in [5.74, 6) is -0.406. The van der Waals surface area contributed by atoms with Gasteiger partial charge in [-0.3, -0.25) is 10.1 Å². The Morgan fingerprint density at radius 3 is 2.82 bits per heavy atom. The number of amides is 1. The second-order valence-corrected chi connectivity index (χ2v) is 3.94. The number of carbonyl (C=O) groups is 1. The van der Waals surface area contributed by atoms with Crippen molar-refractivity contribution in [2.45, 2.75) is 44.9 Å². The highest BCUT2D eigenvalue weighted by atomic mass is 16.3. The topological polar surface area (TPSA) is 111 Å². The molecule has 0 radical (unpaired) electrons. The SMILES string of the molecule is CCC(O)NC(CCCC#N)CNCC(N)=O. The second-order valence-electron chi connectivity index (χ2n) is 3.94. The lowest BCUT2D eigenvalue weighted by molar-refractivity contribution is -0.117. The maximum Gasteiger partial charge on any atom is 0.231 e. The number of nitrogens with one attached hydrogen (secondary N) is 2. The zero-order valence-electron chi connectivity index (χ0n) is 10.3. The summed E-state index contributed by atoms with van der Waals surface area (Å²) in [6, 6.07) is 2.12. The summed E-state index contributed by atoms with van der Waals surface area (Å²) in [6.45, 7) is 2.55. The van der Waals surface area contributed by atoms with Gasteiger partial charge in [0.2, 0.25) is 5.91 Å². The van der Waals surface area contributed by atoms with Gasteiger partial charge < -0.3 is 16.2 Å². The summed E-state index contributed by atoms with van der Waals surface area (Å²) >= 11 is 0. The fourth-order valence-electron chi connectivity index (χ4n) is 1.43. The van der Waals surface area contributed by atoms with Crippen LogP contribution in [0.2, 0.25) is 0 Å². The first-order valence-corrected chi connectivity index (χ1v) is 5.90. The Hall–Kier alpha value is -1.16. The molecule has 0 aliphatic carbocycles. The molecule has 0 fully saturated rings. The highest BCUT2D eigenvalue weighted by Gasteiger charge is 2.11. The fraction of sp³-hybridized carbons (Fsp3) is 0.818. The van der Waals surface area contributed by atoms with Crippen molar-refractivity contribution in [2.24, 2.45) is 5.73 Å². The first-order chi connectivity index (χ1) is 8.10. The molecule has 5 N–H and O–H groups in total. The van der Waals surface area contributed by atoms with Crippen LogP contribution in [0.4, 0.5) is 0 Å². The number of hydrogen-bond acceptors (Lipinski definition) is 5. The van der Waals surface area contributed by atoms with Crippen molar-refractivity contribution in [2.75, 3.05) is 13.1 Å². The van der Waals surface area contributed by atoms with Gasteiger partial charge in [0, 0.05) is 19.0 Å². The Balaban J connectivity index is 3.92. The van der Waals surface area contributed by atoms with Crippen LogP contribution in [0.25, 0.3) is 0 Å². The van der Waals surface area contributed by atoms with Crippen molar-refractivity contribution in [1.82, 2.24) is 10.6 Å². The lowest BCUT2D eigenvalue weighted by atomic mass is 10.1. The number of unbranched alkanes of at least 4 members (excludes halogenated alkanes) is 1. The zero-order valence-corrected chi connectivity index (χ0v) is 10.3. The molecule has 98 valence electrons. The van der Waals surface area contributed by atoms with Crippen LogP contribution >= 0.6 is 0 Å². The third-order valence-electron chi connectivity index (χ3n) is 2.35. The van der Waals surface area contributed by atoms with Crippen LogP contribution in [-0.2, 0) is 4.79 Å². The van der Waals surface area contributed by atoms with Crippen LogP contribution in [0.15, 0.2) is 0 Å². The molecule has 0 aliphatic heterocycles. The Morgan fingerprint density at radius 1 is 1.59 bits per heavy atom. The Labute approximate surface area is 102 Å². The molecule has 6 nitrogen and oxygen atoms in total. The summed E-state index contributed by atoms with van der Waals surface area (Å²) in [6.07, 6.45) is 2.09. The third kappa shape index (κ3) is 9.75. The molecule has 2 unspecified atom stereocenters. The van der Waals surface area contributed by atoms with Gasteiger partial charge in [0.1, 0.15) is 6.23 Å². The Morgan fingerprint density at radius 2 is 2.29 bits per heavy atom. The number of carbonyl (C=O) groups excluding carboxylic acids is 1. The van der Waals surface area contributed by atoms with Crippen LogP contribution in [0.3, 0.4) is 0 Å². The molecule has 17 heavy (non-hydrogen) atoms. The van der Waals surface area contributed by atoms with Gasteiger partial charge in [-0.1, -0.05) is 6.92 Å². The minimum atomic E-state index is -0.558. The van der Waals surface area contributed by atoms with E-state index in [-0.39, 0.29) is 12.6 Å². The van der Waals surface area contributed by atoms with Crippen LogP contribution in [-0.4, -0.2) is 36.4 Å². The smallest absolute Gasteiger partial charge is 0.231 e. The number of aliphatic hydroxyl groups is 1. The Kier molecular flexibility index (Phi) is 9.34. The van der Waals surface area contributed by atoms with E-state index in [2.05, 4.69) is 16.7 Å². The largest absolute Gasteiger partial charge is 0.379 e. The molecule has 0 heterocycles. The Bertz CT molecular complexity index is 252.